The molecule has 0 spiro atoms. The normalized spacial score (nSPS) is 15.5. The highest BCUT2D eigenvalue weighted by Gasteiger charge is 2.17. The van der Waals surface area contributed by atoms with Gasteiger partial charge in [-0.15, -0.1) is 0 Å². The molecule has 15 heavy (non-hydrogen) atoms. The van der Waals surface area contributed by atoms with Crippen LogP contribution in [0, 0.1) is 5.92 Å². The van der Waals surface area contributed by atoms with Crippen molar-refractivity contribution in [2.24, 2.45) is 5.92 Å². The standard InChI is InChI=1S/C13H14O2/c1-15-12-4-2-3-11(9-12)13(14)8-7-10-5-6-10/h2-4,7-10H,5-6H2,1H3. The lowest BCUT2D eigenvalue weighted by atomic mass is 10.1. The van der Waals surface area contributed by atoms with Gasteiger partial charge in [-0.2, -0.15) is 0 Å². The number of ketones is 1. The highest BCUT2D eigenvalue weighted by atomic mass is 16.5. The van der Waals surface area contributed by atoms with Gasteiger partial charge < -0.3 is 4.74 Å². The summed E-state index contributed by atoms with van der Waals surface area (Å²) in [6.07, 6.45) is 6.12. The van der Waals surface area contributed by atoms with E-state index in [1.54, 1.807) is 19.3 Å². The molecule has 1 fully saturated rings. The lowest BCUT2D eigenvalue weighted by Crippen LogP contribution is -1.95. The first-order chi connectivity index (χ1) is 7.29. The van der Waals surface area contributed by atoms with Crippen molar-refractivity contribution in [3.05, 3.63) is 42.0 Å². The van der Waals surface area contributed by atoms with Gasteiger partial charge in [-0.1, -0.05) is 18.2 Å². The third-order valence-corrected chi connectivity index (χ3v) is 2.50. The van der Waals surface area contributed by atoms with Crippen LogP contribution in [0.25, 0.3) is 0 Å². The van der Waals surface area contributed by atoms with Crippen LogP contribution in [0.5, 0.6) is 5.75 Å². The molecule has 0 bridgehead atoms. The van der Waals surface area contributed by atoms with E-state index < -0.39 is 0 Å². The van der Waals surface area contributed by atoms with E-state index in [-0.39, 0.29) is 5.78 Å². The molecule has 1 aromatic rings. The fourth-order valence-corrected chi connectivity index (χ4v) is 1.38. The Morgan fingerprint density at radius 2 is 2.27 bits per heavy atom. The summed E-state index contributed by atoms with van der Waals surface area (Å²) in [6, 6.07) is 7.24. The van der Waals surface area contributed by atoms with E-state index in [0.29, 0.717) is 11.5 Å². The molecule has 0 saturated heterocycles. The number of methoxy groups -OCH3 is 1. The maximum atomic E-state index is 11.7. The van der Waals surface area contributed by atoms with Crippen LogP contribution in [0.1, 0.15) is 23.2 Å². The van der Waals surface area contributed by atoms with E-state index in [2.05, 4.69) is 0 Å². The van der Waals surface area contributed by atoms with Crippen LogP contribution >= 0.6 is 0 Å². The molecule has 0 amide bonds. The second kappa shape index (κ2) is 4.30. The summed E-state index contributed by atoms with van der Waals surface area (Å²) in [7, 11) is 1.60. The largest absolute Gasteiger partial charge is 0.497 e. The Kier molecular flexibility index (Phi) is 2.86. The summed E-state index contributed by atoms with van der Waals surface area (Å²) in [5.41, 5.74) is 0.686. The molecular formula is C13H14O2. The zero-order valence-corrected chi connectivity index (χ0v) is 8.77. The van der Waals surface area contributed by atoms with Gasteiger partial charge in [-0.05, 0) is 37.0 Å². The molecule has 0 aliphatic heterocycles. The van der Waals surface area contributed by atoms with E-state index in [4.69, 9.17) is 4.74 Å². The van der Waals surface area contributed by atoms with Crippen LogP contribution in [-0.4, -0.2) is 12.9 Å². The number of ether oxygens (including phenoxy) is 1. The number of hydrogen-bond donors (Lipinski definition) is 0. The van der Waals surface area contributed by atoms with Gasteiger partial charge in [0.25, 0.3) is 0 Å². The molecule has 0 aromatic heterocycles. The molecule has 1 saturated carbocycles. The average Bonchev–Trinajstić information content (AvgIpc) is 3.10. The Balaban J connectivity index is 2.09. The molecule has 0 atom stereocenters. The van der Waals surface area contributed by atoms with Crippen LogP contribution in [0.2, 0.25) is 0 Å². The van der Waals surface area contributed by atoms with Gasteiger partial charge in [0.15, 0.2) is 5.78 Å². The number of rotatable bonds is 4. The predicted octanol–water partition coefficient (Wildman–Crippen LogP) is 2.84. The highest BCUT2D eigenvalue weighted by molar-refractivity contribution is 6.04. The number of benzene rings is 1. The molecule has 78 valence electrons. The molecule has 2 rings (SSSR count). The molecule has 1 aliphatic rings. The third-order valence-electron chi connectivity index (χ3n) is 2.50. The van der Waals surface area contributed by atoms with Crippen molar-refractivity contribution < 1.29 is 9.53 Å². The smallest absolute Gasteiger partial charge is 0.185 e. The van der Waals surface area contributed by atoms with Crippen molar-refractivity contribution in [1.82, 2.24) is 0 Å². The van der Waals surface area contributed by atoms with Gasteiger partial charge in [0.1, 0.15) is 5.75 Å². The number of allylic oxidation sites excluding steroid dienone is 2. The lowest BCUT2D eigenvalue weighted by molar-refractivity contribution is 0.104. The Hall–Kier alpha value is -1.57. The first-order valence-electron chi connectivity index (χ1n) is 5.16. The van der Waals surface area contributed by atoms with Crippen LogP contribution in [-0.2, 0) is 0 Å². The van der Waals surface area contributed by atoms with Crippen LogP contribution in [0.4, 0.5) is 0 Å². The summed E-state index contributed by atoms with van der Waals surface area (Å²) in [5, 5.41) is 0. The SMILES string of the molecule is COc1cccc(C(=O)C=CC2CC2)c1. The van der Waals surface area contributed by atoms with Crippen molar-refractivity contribution in [3.8, 4) is 5.75 Å². The predicted molar refractivity (Wildman–Crippen MR) is 59.2 cm³/mol. The molecule has 2 nitrogen and oxygen atoms in total. The quantitative estimate of drug-likeness (QED) is 0.554. The monoisotopic (exact) mass is 202 g/mol. The number of carbonyl (C=O) groups is 1. The Bertz CT molecular complexity index is 389. The minimum absolute atomic E-state index is 0.0563. The second-order valence-electron chi connectivity index (χ2n) is 3.79. The van der Waals surface area contributed by atoms with Gasteiger partial charge in [-0.3, -0.25) is 4.79 Å². The third kappa shape index (κ3) is 2.69. The molecule has 0 N–H and O–H groups in total. The molecule has 1 aromatic carbocycles. The molecule has 1 aliphatic carbocycles. The van der Waals surface area contributed by atoms with Gasteiger partial charge in [0.05, 0.1) is 7.11 Å². The lowest BCUT2D eigenvalue weighted by Gasteiger charge is -2.00. The Labute approximate surface area is 89.6 Å². The topological polar surface area (TPSA) is 26.3 Å². The number of carbonyl (C=O) groups excluding carboxylic acids is 1. The molecule has 0 unspecified atom stereocenters. The summed E-state index contributed by atoms with van der Waals surface area (Å²) in [4.78, 5) is 11.7. The van der Waals surface area contributed by atoms with Gasteiger partial charge in [-0.25, -0.2) is 0 Å². The molecule has 0 heterocycles. The van der Waals surface area contributed by atoms with E-state index in [1.807, 2.05) is 24.3 Å². The Morgan fingerprint density at radius 1 is 1.47 bits per heavy atom. The van der Waals surface area contributed by atoms with Crippen molar-refractivity contribution in [3.63, 3.8) is 0 Å². The zero-order valence-electron chi connectivity index (χ0n) is 8.77. The van der Waals surface area contributed by atoms with Crippen LogP contribution in [0.3, 0.4) is 0 Å². The average molecular weight is 202 g/mol. The van der Waals surface area contributed by atoms with E-state index in [9.17, 15) is 4.79 Å². The van der Waals surface area contributed by atoms with Crippen LogP contribution < -0.4 is 4.74 Å². The fourth-order valence-electron chi connectivity index (χ4n) is 1.38. The summed E-state index contributed by atoms with van der Waals surface area (Å²) in [6.45, 7) is 0. The van der Waals surface area contributed by atoms with Crippen molar-refractivity contribution in [1.29, 1.82) is 0 Å². The van der Waals surface area contributed by atoms with Crippen molar-refractivity contribution in [2.45, 2.75) is 12.8 Å². The number of hydrogen-bond acceptors (Lipinski definition) is 2. The van der Waals surface area contributed by atoms with E-state index in [0.717, 1.165) is 5.75 Å². The first kappa shape index (κ1) is 9.97. The maximum Gasteiger partial charge on any atom is 0.185 e. The minimum Gasteiger partial charge on any atom is -0.497 e. The van der Waals surface area contributed by atoms with E-state index >= 15 is 0 Å². The Morgan fingerprint density at radius 3 is 2.93 bits per heavy atom. The van der Waals surface area contributed by atoms with Crippen molar-refractivity contribution in [2.75, 3.05) is 7.11 Å². The summed E-state index contributed by atoms with van der Waals surface area (Å²) in [5.74, 6) is 1.42. The minimum atomic E-state index is 0.0563. The van der Waals surface area contributed by atoms with Crippen LogP contribution in [0.15, 0.2) is 36.4 Å². The van der Waals surface area contributed by atoms with Gasteiger partial charge >= 0.3 is 0 Å². The highest BCUT2D eigenvalue weighted by Crippen LogP contribution is 2.30. The fraction of sp³-hybridized carbons (Fsp3) is 0.308. The maximum absolute atomic E-state index is 11.7. The zero-order chi connectivity index (χ0) is 10.7. The molecule has 0 radical (unpaired) electrons. The second-order valence-corrected chi connectivity index (χ2v) is 3.79. The van der Waals surface area contributed by atoms with E-state index in [1.165, 1.54) is 12.8 Å². The summed E-state index contributed by atoms with van der Waals surface area (Å²) >= 11 is 0. The van der Waals surface area contributed by atoms with Gasteiger partial charge in [0, 0.05) is 5.56 Å². The molecule has 2 heteroatoms. The van der Waals surface area contributed by atoms with Gasteiger partial charge in [0.2, 0.25) is 0 Å². The van der Waals surface area contributed by atoms with Crippen molar-refractivity contribution >= 4 is 5.78 Å². The summed E-state index contributed by atoms with van der Waals surface area (Å²) < 4.78 is 5.07. The molecular weight excluding hydrogens is 188 g/mol. The first-order valence-corrected chi connectivity index (χ1v) is 5.16.